The van der Waals surface area contributed by atoms with Gasteiger partial charge in [-0.3, -0.25) is 9.69 Å². The lowest BCUT2D eigenvalue weighted by molar-refractivity contribution is -0.126. The summed E-state index contributed by atoms with van der Waals surface area (Å²) in [6.45, 7) is 6.31. The standard InChI is InChI=1S/C28H26F2N4O4S/c1-15-24(27(35)33-11-10-17(13-33)19-9-8-18(29)12-20(19)30)28(36)34(26(31-15)21-14-39-16(2)32-21)25-22(37-3)6-5-7-23(25)38-4/h5-9,12,14,17,36H,1,10-11,13H2,2-4H3. The molecule has 1 aromatic heterocycles. The second kappa shape index (κ2) is 10.5. The monoisotopic (exact) mass is 552 g/mol. The van der Waals surface area contributed by atoms with E-state index in [0.717, 1.165) is 11.1 Å². The number of hydrogen-bond acceptors (Lipinski definition) is 8. The highest BCUT2D eigenvalue weighted by atomic mass is 32.1. The quantitative estimate of drug-likeness (QED) is 0.446. The van der Waals surface area contributed by atoms with E-state index in [-0.39, 0.29) is 29.6 Å². The summed E-state index contributed by atoms with van der Waals surface area (Å²) in [6.07, 6.45) is 0.478. The topological polar surface area (TPSA) is 87.5 Å². The van der Waals surface area contributed by atoms with E-state index in [2.05, 4.69) is 16.6 Å². The van der Waals surface area contributed by atoms with Crippen LogP contribution in [0.15, 0.2) is 70.5 Å². The Morgan fingerprint density at radius 3 is 2.51 bits per heavy atom. The van der Waals surface area contributed by atoms with Crippen molar-refractivity contribution in [2.45, 2.75) is 19.3 Å². The number of para-hydroxylation sites is 1. The molecule has 0 spiro atoms. The summed E-state index contributed by atoms with van der Waals surface area (Å²) in [5.41, 5.74) is 1.08. The largest absolute Gasteiger partial charge is 0.494 e. The summed E-state index contributed by atoms with van der Waals surface area (Å²) in [5, 5.41) is 14.3. The van der Waals surface area contributed by atoms with E-state index in [9.17, 15) is 18.7 Å². The lowest BCUT2D eigenvalue weighted by Gasteiger charge is -2.32. The number of aliphatic imine (C=N–C) groups is 1. The van der Waals surface area contributed by atoms with Crippen LogP contribution < -0.4 is 14.4 Å². The van der Waals surface area contributed by atoms with Gasteiger partial charge >= 0.3 is 0 Å². The van der Waals surface area contributed by atoms with Crippen molar-refractivity contribution in [1.29, 1.82) is 0 Å². The molecule has 1 unspecified atom stereocenters. The Hall–Kier alpha value is -4.25. The van der Waals surface area contributed by atoms with Gasteiger partial charge in [0.15, 0.2) is 5.84 Å². The Bertz CT molecular complexity index is 1510. The van der Waals surface area contributed by atoms with Crippen molar-refractivity contribution in [3.05, 3.63) is 93.4 Å². The number of methoxy groups -OCH3 is 2. The number of likely N-dealkylation sites (tertiary alicyclic amines) is 1. The molecule has 2 aliphatic heterocycles. The van der Waals surface area contributed by atoms with Crippen LogP contribution in [-0.4, -0.2) is 54.0 Å². The number of anilines is 1. The fourth-order valence-electron chi connectivity index (χ4n) is 4.89. The van der Waals surface area contributed by atoms with Crippen LogP contribution in [0, 0.1) is 18.6 Å². The van der Waals surface area contributed by atoms with Crippen molar-refractivity contribution in [3.63, 3.8) is 0 Å². The molecular weight excluding hydrogens is 526 g/mol. The van der Waals surface area contributed by atoms with E-state index in [4.69, 9.17) is 9.47 Å². The molecule has 0 aliphatic carbocycles. The summed E-state index contributed by atoms with van der Waals surface area (Å²) in [6, 6.07) is 8.58. The lowest BCUT2D eigenvalue weighted by atomic mass is 9.98. The average molecular weight is 553 g/mol. The molecule has 8 nitrogen and oxygen atoms in total. The van der Waals surface area contributed by atoms with Gasteiger partial charge in [0.2, 0.25) is 5.88 Å². The number of aryl methyl sites for hydroxylation is 1. The van der Waals surface area contributed by atoms with Crippen molar-refractivity contribution >= 4 is 28.8 Å². The fraction of sp³-hybridized carbons (Fsp3) is 0.250. The van der Waals surface area contributed by atoms with E-state index in [0.29, 0.717) is 41.4 Å². The van der Waals surface area contributed by atoms with Gasteiger partial charge in [-0.1, -0.05) is 18.7 Å². The van der Waals surface area contributed by atoms with Crippen LogP contribution in [0.3, 0.4) is 0 Å². The molecule has 1 N–H and O–H groups in total. The number of halogens is 2. The number of carbonyl (C=O) groups is 1. The summed E-state index contributed by atoms with van der Waals surface area (Å²) < 4.78 is 39.0. The zero-order valence-corrected chi connectivity index (χ0v) is 22.4. The number of nitrogens with zero attached hydrogens (tertiary/aromatic N) is 4. The number of aliphatic hydroxyl groups excluding tert-OH is 1. The van der Waals surface area contributed by atoms with Gasteiger partial charge in [-0.05, 0) is 37.1 Å². The van der Waals surface area contributed by atoms with Gasteiger partial charge in [0, 0.05) is 30.5 Å². The van der Waals surface area contributed by atoms with Crippen LogP contribution in [0.1, 0.15) is 28.6 Å². The summed E-state index contributed by atoms with van der Waals surface area (Å²) in [5.74, 6) is -1.59. The highest BCUT2D eigenvalue weighted by Gasteiger charge is 2.39. The maximum Gasteiger partial charge on any atom is 0.261 e. The molecular formula is C28H26F2N4O4S. The number of ether oxygens (including phenoxy) is 2. The maximum atomic E-state index is 14.4. The first-order valence-electron chi connectivity index (χ1n) is 12.1. The highest BCUT2D eigenvalue weighted by molar-refractivity contribution is 7.09. The van der Waals surface area contributed by atoms with E-state index < -0.39 is 23.4 Å². The van der Waals surface area contributed by atoms with Gasteiger partial charge in [0.1, 0.15) is 40.1 Å². The second-order valence-electron chi connectivity index (χ2n) is 9.08. The van der Waals surface area contributed by atoms with Crippen LogP contribution in [-0.2, 0) is 4.79 Å². The molecule has 1 saturated heterocycles. The smallest absolute Gasteiger partial charge is 0.261 e. The summed E-state index contributed by atoms with van der Waals surface area (Å²) in [7, 11) is 2.97. The van der Waals surface area contributed by atoms with Crippen molar-refractivity contribution in [2.75, 3.05) is 32.2 Å². The van der Waals surface area contributed by atoms with Crippen LogP contribution in [0.4, 0.5) is 14.5 Å². The molecule has 1 atom stereocenters. The third-order valence-electron chi connectivity index (χ3n) is 6.74. The lowest BCUT2D eigenvalue weighted by Crippen LogP contribution is -2.40. The van der Waals surface area contributed by atoms with Crippen LogP contribution in [0.2, 0.25) is 0 Å². The minimum Gasteiger partial charge on any atom is -0.494 e. The molecule has 3 heterocycles. The number of amidine groups is 1. The molecule has 39 heavy (non-hydrogen) atoms. The molecule has 2 aromatic carbocycles. The predicted molar refractivity (Wildman–Crippen MR) is 145 cm³/mol. The third-order valence-corrected chi connectivity index (χ3v) is 7.52. The Kier molecular flexibility index (Phi) is 7.09. The molecule has 2 aliphatic rings. The van der Waals surface area contributed by atoms with E-state index in [1.807, 2.05) is 6.92 Å². The molecule has 1 fully saturated rings. The minimum atomic E-state index is -0.661. The predicted octanol–water partition coefficient (Wildman–Crippen LogP) is 5.31. The minimum absolute atomic E-state index is 0.0553. The Morgan fingerprint density at radius 2 is 1.90 bits per heavy atom. The van der Waals surface area contributed by atoms with Gasteiger partial charge in [-0.2, -0.15) is 0 Å². The van der Waals surface area contributed by atoms with Gasteiger partial charge in [0.25, 0.3) is 5.91 Å². The van der Waals surface area contributed by atoms with Gasteiger partial charge in [-0.15, -0.1) is 11.3 Å². The highest BCUT2D eigenvalue weighted by Crippen LogP contribution is 2.43. The zero-order chi connectivity index (χ0) is 27.8. The van der Waals surface area contributed by atoms with Gasteiger partial charge < -0.3 is 19.5 Å². The number of rotatable bonds is 6. The van der Waals surface area contributed by atoms with Crippen LogP contribution in [0.25, 0.3) is 0 Å². The van der Waals surface area contributed by atoms with Crippen molar-refractivity contribution in [2.24, 2.45) is 4.99 Å². The van der Waals surface area contributed by atoms with Gasteiger partial charge in [0.05, 0.1) is 24.9 Å². The Morgan fingerprint density at radius 1 is 1.18 bits per heavy atom. The zero-order valence-electron chi connectivity index (χ0n) is 21.6. The third kappa shape index (κ3) is 4.74. The number of hydrogen-bond donors (Lipinski definition) is 1. The number of benzene rings is 2. The molecule has 202 valence electrons. The van der Waals surface area contributed by atoms with E-state index in [1.165, 1.54) is 47.5 Å². The summed E-state index contributed by atoms with van der Waals surface area (Å²) in [4.78, 5) is 25.8. The van der Waals surface area contributed by atoms with Crippen molar-refractivity contribution in [1.82, 2.24) is 9.88 Å². The number of aliphatic hydroxyl groups is 1. The average Bonchev–Trinajstić information content (AvgIpc) is 3.57. The van der Waals surface area contributed by atoms with Gasteiger partial charge in [-0.25, -0.2) is 18.8 Å². The molecule has 11 heteroatoms. The summed E-state index contributed by atoms with van der Waals surface area (Å²) >= 11 is 1.41. The molecule has 5 rings (SSSR count). The second-order valence-corrected chi connectivity index (χ2v) is 10.1. The van der Waals surface area contributed by atoms with E-state index >= 15 is 0 Å². The van der Waals surface area contributed by atoms with Crippen molar-refractivity contribution in [3.8, 4) is 11.5 Å². The normalized spacial score (nSPS) is 17.5. The first-order valence-corrected chi connectivity index (χ1v) is 13.0. The molecule has 0 radical (unpaired) electrons. The number of thiazole rings is 1. The number of amides is 1. The molecule has 3 aromatic rings. The fourth-order valence-corrected chi connectivity index (χ4v) is 5.48. The first kappa shape index (κ1) is 26.4. The Labute approximate surface area is 228 Å². The van der Waals surface area contributed by atoms with Crippen molar-refractivity contribution < 1.29 is 28.2 Å². The van der Waals surface area contributed by atoms with E-state index in [1.54, 1.807) is 23.6 Å². The first-order chi connectivity index (χ1) is 18.7. The SMILES string of the molecule is C=C1N=C(c2csc(C)n2)N(c2c(OC)cccc2OC)C(O)=C1C(=O)N1CCC(c2ccc(F)cc2F)C1. The molecule has 0 bridgehead atoms. The number of aromatic nitrogens is 1. The molecule has 0 saturated carbocycles. The van der Waals surface area contributed by atoms with Crippen LogP contribution in [0.5, 0.6) is 11.5 Å². The maximum absolute atomic E-state index is 14.4. The molecule has 1 amide bonds. The Balaban J connectivity index is 1.56. The number of carbonyl (C=O) groups excluding carboxylic acids is 1. The van der Waals surface area contributed by atoms with Crippen LogP contribution >= 0.6 is 11.3 Å².